The van der Waals surface area contributed by atoms with Crippen molar-refractivity contribution in [3.05, 3.63) is 82.1 Å². The van der Waals surface area contributed by atoms with Crippen LogP contribution in [0, 0.1) is 6.92 Å². The van der Waals surface area contributed by atoms with E-state index in [0.717, 1.165) is 17.7 Å². The smallest absolute Gasteiger partial charge is 0.252 e. The van der Waals surface area contributed by atoms with Crippen LogP contribution in [-0.4, -0.2) is 25.4 Å². The van der Waals surface area contributed by atoms with Gasteiger partial charge in [0.2, 0.25) is 0 Å². The number of benzene rings is 2. The molecule has 0 spiro atoms. The molecule has 0 fully saturated rings. The molecule has 0 saturated carbocycles. The van der Waals surface area contributed by atoms with Crippen molar-refractivity contribution in [2.45, 2.75) is 25.7 Å². The van der Waals surface area contributed by atoms with E-state index in [1.807, 2.05) is 18.2 Å². The largest absolute Gasteiger partial charge is 0.294 e. The van der Waals surface area contributed by atoms with Gasteiger partial charge in [0.25, 0.3) is 5.78 Å². The van der Waals surface area contributed by atoms with Crippen LogP contribution in [0.5, 0.6) is 0 Å². The van der Waals surface area contributed by atoms with Crippen molar-refractivity contribution >= 4 is 23.2 Å². The van der Waals surface area contributed by atoms with E-state index < -0.39 is 0 Å². The van der Waals surface area contributed by atoms with Gasteiger partial charge >= 0.3 is 0 Å². The number of Topliss-reactive ketones (excluding diaryl/α,β-unsaturated/α-hetero) is 1. The summed E-state index contributed by atoms with van der Waals surface area (Å²) in [5.74, 6) is 1.31. The van der Waals surface area contributed by atoms with Crippen LogP contribution < -0.4 is 0 Å². The highest BCUT2D eigenvalue weighted by atomic mass is 35.5. The molecule has 0 unspecified atom stereocenters. The molecule has 0 bridgehead atoms. The second-order valence-corrected chi connectivity index (χ2v) is 7.67. The molecule has 0 N–H and O–H groups in total. The minimum atomic E-state index is 0.102. The number of fused-ring (bicyclic) bond motifs is 2. The first-order chi connectivity index (χ1) is 13.6. The molecule has 5 rings (SSSR count). The first-order valence-corrected chi connectivity index (χ1v) is 9.56. The summed E-state index contributed by atoms with van der Waals surface area (Å²) in [6.07, 6.45) is 2.98. The molecule has 0 amide bonds. The Hall–Kier alpha value is -3.05. The zero-order valence-electron chi connectivity index (χ0n) is 15.3. The lowest BCUT2D eigenvalue weighted by molar-refractivity contribution is 0.0962. The van der Waals surface area contributed by atoms with Crippen molar-refractivity contribution in [2.75, 3.05) is 0 Å². The number of aryl methyl sites for hydroxylation is 1. The van der Waals surface area contributed by atoms with E-state index in [-0.39, 0.29) is 11.7 Å². The SMILES string of the molecule is Cc1cccc([C@@H]2CC(=O)c3cn4nc(-c5ccc(Cl)cc5)nc4nc3C2)c1. The minimum Gasteiger partial charge on any atom is -0.294 e. The van der Waals surface area contributed by atoms with E-state index in [1.165, 1.54) is 11.1 Å². The quantitative estimate of drug-likeness (QED) is 0.500. The van der Waals surface area contributed by atoms with Crippen molar-refractivity contribution in [2.24, 2.45) is 0 Å². The Balaban J connectivity index is 1.55. The maximum absolute atomic E-state index is 12.8. The van der Waals surface area contributed by atoms with E-state index in [9.17, 15) is 4.79 Å². The number of hydrogen-bond donors (Lipinski definition) is 0. The molecule has 4 aromatic rings. The monoisotopic (exact) mass is 388 g/mol. The van der Waals surface area contributed by atoms with Gasteiger partial charge in [-0.05, 0) is 49.1 Å². The van der Waals surface area contributed by atoms with Crippen LogP contribution in [0.3, 0.4) is 0 Å². The first kappa shape index (κ1) is 17.1. The second kappa shape index (κ2) is 6.53. The fourth-order valence-corrected chi connectivity index (χ4v) is 3.89. The zero-order chi connectivity index (χ0) is 19.3. The Morgan fingerprint density at radius 3 is 2.68 bits per heavy atom. The van der Waals surface area contributed by atoms with Gasteiger partial charge in [0.1, 0.15) is 0 Å². The zero-order valence-corrected chi connectivity index (χ0v) is 16.0. The van der Waals surface area contributed by atoms with Crippen LogP contribution in [0.15, 0.2) is 54.7 Å². The van der Waals surface area contributed by atoms with Crippen molar-refractivity contribution < 1.29 is 4.79 Å². The molecule has 1 atom stereocenters. The standard InChI is InChI=1S/C22H17ClN4O/c1-13-3-2-4-15(9-13)16-10-19-18(20(28)11-16)12-27-22(24-19)25-21(26-27)14-5-7-17(23)8-6-14/h2-9,12,16H,10-11H2,1H3/t16-/m0/s1. The van der Waals surface area contributed by atoms with Gasteiger partial charge in [-0.3, -0.25) is 4.79 Å². The predicted octanol–water partition coefficient (Wildman–Crippen LogP) is 4.67. The normalized spacial score (nSPS) is 16.4. The van der Waals surface area contributed by atoms with Gasteiger partial charge in [0, 0.05) is 23.2 Å². The molecular formula is C22H17ClN4O. The van der Waals surface area contributed by atoms with Crippen molar-refractivity contribution in [1.82, 2.24) is 19.6 Å². The molecule has 28 heavy (non-hydrogen) atoms. The fraction of sp³-hybridized carbons (Fsp3) is 0.182. The molecule has 0 saturated heterocycles. The molecule has 5 nitrogen and oxygen atoms in total. The number of aromatic nitrogens is 4. The Kier molecular flexibility index (Phi) is 3.98. The summed E-state index contributed by atoms with van der Waals surface area (Å²) in [4.78, 5) is 22.0. The van der Waals surface area contributed by atoms with Crippen LogP contribution in [0.2, 0.25) is 5.02 Å². The number of ketones is 1. The summed E-state index contributed by atoms with van der Waals surface area (Å²) in [5.41, 5.74) is 4.68. The number of carbonyl (C=O) groups is 1. The Bertz CT molecular complexity index is 1210. The third-order valence-corrected chi connectivity index (χ3v) is 5.45. The molecule has 0 aliphatic heterocycles. The number of halogens is 1. The van der Waals surface area contributed by atoms with Crippen LogP contribution in [0.4, 0.5) is 0 Å². The lowest BCUT2D eigenvalue weighted by Gasteiger charge is -2.23. The van der Waals surface area contributed by atoms with E-state index in [1.54, 1.807) is 22.8 Å². The molecular weight excluding hydrogens is 372 g/mol. The average molecular weight is 389 g/mol. The minimum absolute atomic E-state index is 0.102. The topological polar surface area (TPSA) is 60.2 Å². The molecule has 2 aromatic carbocycles. The van der Waals surface area contributed by atoms with Crippen LogP contribution in [0.25, 0.3) is 17.2 Å². The summed E-state index contributed by atoms with van der Waals surface area (Å²) in [7, 11) is 0. The molecule has 2 heterocycles. The highest BCUT2D eigenvalue weighted by Gasteiger charge is 2.28. The van der Waals surface area contributed by atoms with Crippen molar-refractivity contribution in [3.8, 4) is 11.4 Å². The van der Waals surface area contributed by atoms with E-state index in [2.05, 4.69) is 40.2 Å². The van der Waals surface area contributed by atoms with E-state index >= 15 is 0 Å². The van der Waals surface area contributed by atoms with Gasteiger partial charge in [-0.2, -0.15) is 4.98 Å². The van der Waals surface area contributed by atoms with Gasteiger partial charge in [-0.15, -0.1) is 5.10 Å². The first-order valence-electron chi connectivity index (χ1n) is 9.19. The summed E-state index contributed by atoms with van der Waals surface area (Å²) in [5, 5.41) is 5.15. The van der Waals surface area contributed by atoms with Gasteiger partial charge in [-0.25, -0.2) is 9.50 Å². The fourth-order valence-electron chi connectivity index (χ4n) is 3.76. The molecule has 6 heteroatoms. The Morgan fingerprint density at radius 1 is 1.07 bits per heavy atom. The molecule has 138 valence electrons. The third kappa shape index (κ3) is 2.98. The Labute approximate surface area is 167 Å². The Morgan fingerprint density at radius 2 is 1.89 bits per heavy atom. The summed E-state index contributed by atoms with van der Waals surface area (Å²) >= 11 is 5.96. The highest BCUT2D eigenvalue weighted by molar-refractivity contribution is 6.30. The van der Waals surface area contributed by atoms with E-state index in [4.69, 9.17) is 11.6 Å². The van der Waals surface area contributed by atoms with Crippen molar-refractivity contribution in [1.29, 1.82) is 0 Å². The summed E-state index contributed by atoms with van der Waals surface area (Å²) in [6, 6.07) is 15.7. The number of rotatable bonds is 2. The van der Waals surface area contributed by atoms with Gasteiger partial charge in [0.15, 0.2) is 11.6 Å². The molecule has 1 aliphatic carbocycles. The number of carbonyl (C=O) groups excluding carboxylic acids is 1. The second-order valence-electron chi connectivity index (χ2n) is 7.23. The lowest BCUT2D eigenvalue weighted by atomic mass is 9.82. The van der Waals surface area contributed by atoms with Gasteiger partial charge in [-0.1, -0.05) is 41.4 Å². The maximum atomic E-state index is 12.8. The number of nitrogens with zero attached hydrogens (tertiary/aromatic N) is 4. The molecule has 1 aliphatic rings. The third-order valence-electron chi connectivity index (χ3n) is 5.20. The highest BCUT2D eigenvalue weighted by Crippen LogP contribution is 2.32. The van der Waals surface area contributed by atoms with Gasteiger partial charge in [0.05, 0.1) is 11.3 Å². The van der Waals surface area contributed by atoms with Gasteiger partial charge < -0.3 is 0 Å². The number of hydrogen-bond acceptors (Lipinski definition) is 4. The lowest BCUT2D eigenvalue weighted by Crippen LogP contribution is -2.21. The van der Waals surface area contributed by atoms with Crippen LogP contribution in [0.1, 0.15) is 39.5 Å². The van der Waals surface area contributed by atoms with E-state index in [0.29, 0.717) is 28.6 Å². The summed E-state index contributed by atoms with van der Waals surface area (Å²) in [6.45, 7) is 2.07. The molecule has 2 aromatic heterocycles. The average Bonchev–Trinajstić information content (AvgIpc) is 3.10. The van der Waals surface area contributed by atoms with Crippen LogP contribution in [-0.2, 0) is 6.42 Å². The molecule has 0 radical (unpaired) electrons. The van der Waals surface area contributed by atoms with Crippen molar-refractivity contribution in [3.63, 3.8) is 0 Å². The predicted molar refractivity (Wildman–Crippen MR) is 108 cm³/mol. The summed E-state index contributed by atoms with van der Waals surface area (Å²) < 4.78 is 1.59. The van der Waals surface area contributed by atoms with Crippen LogP contribution >= 0.6 is 11.6 Å². The maximum Gasteiger partial charge on any atom is 0.252 e.